The number of nitrogens with zero attached hydrogens (tertiary/aromatic N) is 2. The Morgan fingerprint density at radius 1 is 0.875 bits per heavy atom. The second kappa shape index (κ2) is 12.2. The summed E-state index contributed by atoms with van der Waals surface area (Å²) in [5.41, 5.74) is 2.84. The fraction of sp³-hybridized carbons (Fsp3) is 0.394. The fourth-order valence-electron chi connectivity index (χ4n) is 5.92. The number of halogens is 2. The smallest absolute Gasteiger partial charge is 0.251 e. The summed E-state index contributed by atoms with van der Waals surface area (Å²) in [7, 11) is 0. The summed E-state index contributed by atoms with van der Waals surface area (Å²) in [6, 6.07) is 21.7. The molecule has 1 aliphatic heterocycles. The van der Waals surface area contributed by atoms with Gasteiger partial charge in [-0.05, 0) is 84.7 Å². The molecule has 40 heavy (non-hydrogen) atoms. The quantitative estimate of drug-likeness (QED) is 0.310. The van der Waals surface area contributed by atoms with Crippen LogP contribution >= 0.6 is 0 Å². The number of nitrogens with one attached hydrogen (secondary N) is 1. The number of hydrogen-bond acceptors (Lipinski definition) is 3. The zero-order valence-corrected chi connectivity index (χ0v) is 23.0. The van der Waals surface area contributed by atoms with E-state index < -0.39 is 11.9 Å². The van der Waals surface area contributed by atoms with Crippen LogP contribution in [-0.4, -0.2) is 48.9 Å². The Balaban J connectivity index is 1.18. The Bertz CT molecular complexity index is 1290. The van der Waals surface area contributed by atoms with Crippen molar-refractivity contribution in [1.82, 2.24) is 10.2 Å². The van der Waals surface area contributed by atoms with E-state index in [0.717, 1.165) is 44.5 Å². The van der Waals surface area contributed by atoms with Gasteiger partial charge in [0.05, 0.1) is 0 Å². The van der Waals surface area contributed by atoms with E-state index in [4.69, 9.17) is 0 Å². The van der Waals surface area contributed by atoms with E-state index in [1.807, 2.05) is 35.2 Å². The summed E-state index contributed by atoms with van der Waals surface area (Å²) < 4.78 is 26.7. The van der Waals surface area contributed by atoms with Crippen LogP contribution < -0.4 is 10.2 Å². The molecule has 3 atom stereocenters. The molecule has 3 aromatic carbocycles. The summed E-state index contributed by atoms with van der Waals surface area (Å²) in [6.07, 6.45) is 4.37. The van der Waals surface area contributed by atoms with Crippen molar-refractivity contribution < 1.29 is 18.4 Å². The fourth-order valence-corrected chi connectivity index (χ4v) is 5.92. The van der Waals surface area contributed by atoms with Crippen LogP contribution in [0, 0.1) is 17.0 Å². The first-order valence-electron chi connectivity index (χ1n) is 14.2. The molecule has 1 saturated heterocycles. The highest BCUT2D eigenvalue weighted by atomic mass is 19.1. The topological polar surface area (TPSA) is 52.7 Å². The number of anilines is 1. The molecule has 1 N–H and O–H groups in total. The summed E-state index contributed by atoms with van der Waals surface area (Å²) in [5, 5.41) is 2.94. The van der Waals surface area contributed by atoms with Crippen LogP contribution in [0.5, 0.6) is 0 Å². The van der Waals surface area contributed by atoms with E-state index in [1.54, 1.807) is 0 Å². The Labute approximate surface area is 235 Å². The Kier molecular flexibility index (Phi) is 8.48. The van der Waals surface area contributed by atoms with Gasteiger partial charge in [-0.1, -0.05) is 50.1 Å². The average molecular weight is 546 g/mol. The lowest BCUT2D eigenvalue weighted by molar-refractivity contribution is -0.133. The SMILES string of the molecule is CC1(CCCC[C@H](NC(=O)c2ccc(F)cc2)C(=O)N2CCN(c3ccccc3)CC2)C[C@H]1c1ccc(F)cc1. The molecule has 7 heteroatoms. The van der Waals surface area contributed by atoms with Crippen molar-refractivity contribution in [2.45, 2.75) is 51.0 Å². The first-order chi connectivity index (χ1) is 19.3. The first-order valence-corrected chi connectivity index (χ1v) is 14.2. The molecule has 2 amide bonds. The Hall–Kier alpha value is -3.74. The first kappa shape index (κ1) is 27.8. The molecule has 5 rings (SSSR count). The molecule has 1 saturated carbocycles. The summed E-state index contributed by atoms with van der Waals surface area (Å²) in [4.78, 5) is 30.7. The molecule has 2 fully saturated rings. The van der Waals surface area contributed by atoms with E-state index in [2.05, 4.69) is 29.3 Å². The number of rotatable bonds is 10. The number of amides is 2. The van der Waals surface area contributed by atoms with Gasteiger partial charge < -0.3 is 15.1 Å². The van der Waals surface area contributed by atoms with E-state index in [1.165, 1.54) is 42.0 Å². The van der Waals surface area contributed by atoms with Gasteiger partial charge in [0.15, 0.2) is 0 Å². The van der Waals surface area contributed by atoms with Crippen molar-refractivity contribution in [2.75, 3.05) is 31.1 Å². The van der Waals surface area contributed by atoms with Crippen molar-refractivity contribution in [1.29, 1.82) is 0 Å². The minimum atomic E-state index is -0.638. The van der Waals surface area contributed by atoms with Gasteiger partial charge in [0.25, 0.3) is 5.91 Å². The van der Waals surface area contributed by atoms with Crippen molar-refractivity contribution in [3.05, 3.63) is 102 Å². The van der Waals surface area contributed by atoms with Gasteiger partial charge in [0.2, 0.25) is 5.91 Å². The van der Waals surface area contributed by atoms with Crippen molar-refractivity contribution >= 4 is 17.5 Å². The lowest BCUT2D eigenvalue weighted by atomic mass is 9.94. The molecule has 3 aromatic rings. The number of carbonyl (C=O) groups excluding carboxylic acids is 2. The number of piperazine rings is 1. The lowest BCUT2D eigenvalue weighted by Crippen LogP contribution is -2.55. The van der Waals surface area contributed by atoms with Gasteiger partial charge >= 0.3 is 0 Å². The van der Waals surface area contributed by atoms with Crippen LogP contribution in [0.25, 0.3) is 0 Å². The van der Waals surface area contributed by atoms with Crippen molar-refractivity contribution in [3.8, 4) is 0 Å². The number of carbonyl (C=O) groups is 2. The Morgan fingerprint density at radius 3 is 2.15 bits per heavy atom. The van der Waals surface area contributed by atoms with Crippen molar-refractivity contribution in [3.63, 3.8) is 0 Å². The summed E-state index contributed by atoms with van der Waals surface area (Å²) in [6.45, 7) is 4.92. The molecule has 1 unspecified atom stereocenters. The molecule has 210 valence electrons. The molecular weight excluding hydrogens is 508 g/mol. The minimum absolute atomic E-state index is 0.0648. The highest BCUT2D eigenvalue weighted by Gasteiger charge is 2.49. The van der Waals surface area contributed by atoms with E-state index in [0.29, 0.717) is 31.0 Å². The predicted octanol–water partition coefficient (Wildman–Crippen LogP) is 6.17. The second-order valence-electron chi connectivity index (χ2n) is 11.4. The minimum Gasteiger partial charge on any atom is -0.368 e. The third-order valence-corrected chi connectivity index (χ3v) is 8.54. The van der Waals surface area contributed by atoms with Crippen LogP contribution in [0.3, 0.4) is 0 Å². The van der Waals surface area contributed by atoms with Crippen LogP contribution in [-0.2, 0) is 4.79 Å². The maximum Gasteiger partial charge on any atom is 0.251 e. The highest BCUT2D eigenvalue weighted by Crippen LogP contribution is 2.61. The molecule has 2 aliphatic rings. The molecular formula is C33H37F2N3O2. The molecule has 0 aromatic heterocycles. The lowest BCUT2D eigenvalue weighted by Gasteiger charge is -2.37. The number of hydrogen-bond donors (Lipinski definition) is 1. The average Bonchev–Trinajstić information content (AvgIpc) is 3.66. The predicted molar refractivity (Wildman–Crippen MR) is 153 cm³/mol. The van der Waals surface area contributed by atoms with E-state index in [9.17, 15) is 18.4 Å². The second-order valence-corrected chi connectivity index (χ2v) is 11.4. The maximum absolute atomic E-state index is 13.6. The van der Waals surface area contributed by atoms with Crippen LogP contribution in [0.4, 0.5) is 14.5 Å². The van der Waals surface area contributed by atoms with Gasteiger partial charge in [0, 0.05) is 37.4 Å². The zero-order valence-electron chi connectivity index (χ0n) is 23.0. The highest BCUT2D eigenvalue weighted by molar-refractivity contribution is 5.97. The van der Waals surface area contributed by atoms with Crippen LogP contribution in [0.2, 0.25) is 0 Å². The summed E-state index contributed by atoms with van der Waals surface area (Å²) >= 11 is 0. The molecule has 1 heterocycles. The molecule has 5 nitrogen and oxygen atoms in total. The summed E-state index contributed by atoms with van der Waals surface area (Å²) in [5.74, 6) is -0.625. The number of benzene rings is 3. The monoisotopic (exact) mass is 545 g/mol. The molecule has 0 radical (unpaired) electrons. The van der Waals surface area contributed by atoms with E-state index in [-0.39, 0.29) is 23.0 Å². The zero-order chi connectivity index (χ0) is 28.1. The standard InChI is InChI=1S/C33H37F2N3O2/c1-33(23-29(33)24-10-14-26(34)15-11-24)18-6-5-9-30(36-31(39)25-12-16-27(35)17-13-25)32(40)38-21-19-37(20-22-38)28-7-3-2-4-8-28/h2-4,7-8,10-17,29-30H,5-6,9,18-23H2,1H3,(H,36,39)/t29-,30-,33?/m0/s1. The van der Waals surface area contributed by atoms with Crippen LogP contribution in [0.15, 0.2) is 78.9 Å². The third kappa shape index (κ3) is 6.69. The van der Waals surface area contributed by atoms with Gasteiger partial charge in [0.1, 0.15) is 17.7 Å². The van der Waals surface area contributed by atoms with Gasteiger partial charge in [-0.25, -0.2) is 8.78 Å². The van der Waals surface area contributed by atoms with Gasteiger partial charge in [-0.3, -0.25) is 9.59 Å². The molecule has 0 bridgehead atoms. The number of unbranched alkanes of at least 4 members (excludes halogenated alkanes) is 1. The van der Waals surface area contributed by atoms with Crippen LogP contribution in [0.1, 0.15) is 60.9 Å². The Morgan fingerprint density at radius 2 is 1.50 bits per heavy atom. The molecule has 1 aliphatic carbocycles. The third-order valence-electron chi connectivity index (χ3n) is 8.54. The maximum atomic E-state index is 13.6. The molecule has 0 spiro atoms. The van der Waals surface area contributed by atoms with E-state index >= 15 is 0 Å². The van der Waals surface area contributed by atoms with Gasteiger partial charge in [-0.15, -0.1) is 0 Å². The largest absolute Gasteiger partial charge is 0.368 e. The van der Waals surface area contributed by atoms with Gasteiger partial charge in [-0.2, -0.15) is 0 Å². The number of para-hydroxylation sites is 1. The normalized spacial score (nSPS) is 21.1. The van der Waals surface area contributed by atoms with Crippen molar-refractivity contribution in [2.24, 2.45) is 5.41 Å².